The highest BCUT2D eigenvalue weighted by atomic mass is 35.5. The molecule has 0 fully saturated rings. The molecule has 2 rings (SSSR count). The van der Waals surface area contributed by atoms with E-state index in [2.05, 4.69) is 10.6 Å². The van der Waals surface area contributed by atoms with E-state index >= 15 is 0 Å². The average molecular weight is 417 g/mol. The Balaban J connectivity index is 1.87. The molecule has 7 heteroatoms. The first kappa shape index (κ1) is 22.6. The molecule has 2 aromatic carbocycles. The van der Waals surface area contributed by atoms with Gasteiger partial charge in [-0.25, -0.2) is 0 Å². The molecule has 0 unspecified atom stereocenters. The van der Waals surface area contributed by atoms with Crippen LogP contribution in [0.4, 0.5) is 0 Å². The summed E-state index contributed by atoms with van der Waals surface area (Å²) in [5.41, 5.74) is 1.75. The number of aliphatic imine (C=N–C) groups is 1. The monoisotopic (exact) mass is 416 g/mol. The molecule has 0 heterocycles. The molecule has 1 amide bonds. The van der Waals surface area contributed by atoms with Crippen LogP contribution in [0.3, 0.4) is 0 Å². The maximum absolute atomic E-state index is 11.8. The molecule has 2 aromatic rings. The number of hydrogen-bond acceptors (Lipinski definition) is 3. The van der Waals surface area contributed by atoms with E-state index in [9.17, 15) is 4.79 Å². The van der Waals surface area contributed by atoms with Crippen LogP contribution in [0.2, 0.25) is 5.02 Å². The van der Waals surface area contributed by atoms with Gasteiger partial charge in [0, 0.05) is 37.8 Å². The van der Waals surface area contributed by atoms with Crippen molar-refractivity contribution < 1.29 is 9.53 Å². The number of halogens is 1. The summed E-state index contributed by atoms with van der Waals surface area (Å²) in [4.78, 5) is 18.5. The third kappa shape index (κ3) is 7.66. The van der Waals surface area contributed by atoms with Crippen LogP contribution in [0.15, 0.2) is 53.5 Å². The minimum Gasteiger partial charge on any atom is -0.492 e. The fourth-order valence-corrected chi connectivity index (χ4v) is 2.84. The van der Waals surface area contributed by atoms with Crippen LogP contribution in [0.25, 0.3) is 0 Å². The molecule has 0 radical (unpaired) electrons. The highest BCUT2D eigenvalue weighted by Crippen LogP contribution is 2.15. The number of carbonyl (C=O) groups is 1. The fourth-order valence-electron chi connectivity index (χ4n) is 2.71. The van der Waals surface area contributed by atoms with Gasteiger partial charge < -0.3 is 20.3 Å². The lowest BCUT2D eigenvalue weighted by atomic mass is 10.1. The first-order valence-corrected chi connectivity index (χ1v) is 10.1. The van der Waals surface area contributed by atoms with Crippen molar-refractivity contribution in [1.29, 1.82) is 0 Å². The summed E-state index contributed by atoms with van der Waals surface area (Å²) in [5, 5.41) is 6.64. The van der Waals surface area contributed by atoms with Gasteiger partial charge in [0.1, 0.15) is 12.4 Å². The number of guanidine groups is 1. The molecule has 0 saturated carbocycles. The Morgan fingerprint density at radius 1 is 1.21 bits per heavy atom. The second-order valence-corrected chi connectivity index (χ2v) is 6.93. The van der Waals surface area contributed by atoms with Crippen LogP contribution in [0.5, 0.6) is 5.75 Å². The molecule has 0 aromatic heterocycles. The quantitative estimate of drug-likeness (QED) is 0.486. The Hall–Kier alpha value is -2.73. The third-order valence-electron chi connectivity index (χ3n) is 4.28. The number of benzene rings is 2. The number of amides is 1. The van der Waals surface area contributed by atoms with Crippen molar-refractivity contribution in [2.24, 2.45) is 4.99 Å². The normalized spacial score (nSPS) is 11.1. The van der Waals surface area contributed by atoms with Gasteiger partial charge in [0.2, 0.25) is 0 Å². The van der Waals surface area contributed by atoms with E-state index in [-0.39, 0.29) is 5.91 Å². The van der Waals surface area contributed by atoms with Gasteiger partial charge in [0.15, 0.2) is 5.96 Å². The zero-order valence-corrected chi connectivity index (χ0v) is 18.0. The second kappa shape index (κ2) is 12.0. The highest BCUT2D eigenvalue weighted by molar-refractivity contribution is 6.30. The molecule has 6 nitrogen and oxygen atoms in total. The van der Waals surface area contributed by atoms with E-state index in [1.807, 2.05) is 67.4 Å². The lowest BCUT2D eigenvalue weighted by molar-refractivity contribution is 0.0963. The summed E-state index contributed by atoms with van der Waals surface area (Å²) in [6, 6.07) is 15.0. The molecular weight excluding hydrogens is 388 g/mol. The Morgan fingerprint density at radius 3 is 2.66 bits per heavy atom. The Kier molecular flexibility index (Phi) is 9.31. The summed E-state index contributed by atoms with van der Waals surface area (Å²) in [7, 11) is 3.62. The highest BCUT2D eigenvalue weighted by Gasteiger charge is 2.07. The Labute approximate surface area is 177 Å². The van der Waals surface area contributed by atoms with Crippen molar-refractivity contribution in [2.45, 2.75) is 13.3 Å². The van der Waals surface area contributed by atoms with Crippen LogP contribution < -0.4 is 15.4 Å². The van der Waals surface area contributed by atoms with Crippen LogP contribution >= 0.6 is 11.6 Å². The second-order valence-electron chi connectivity index (χ2n) is 6.49. The first-order chi connectivity index (χ1) is 14.0. The topological polar surface area (TPSA) is 66.0 Å². The molecule has 0 atom stereocenters. The largest absolute Gasteiger partial charge is 0.492 e. The number of ether oxygens (including phenoxy) is 1. The number of likely N-dealkylation sites (N-methyl/N-ethyl adjacent to an activating group) is 1. The van der Waals surface area contributed by atoms with Crippen molar-refractivity contribution in [3.8, 4) is 5.75 Å². The molecule has 29 heavy (non-hydrogen) atoms. The number of rotatable bonds is 9. The smallest absolute Gasteiger partial charge is 0.251 e. The molecule has 156 valence electrons. The zero-order valence-electron chi connectivity index (χ0n) is 17.2. The predicted molar refractivity (Wildman–Crippen MR) is 119 cm³/mol. The van der Waals surface area contributed by atoms with Crippen LogP contribution in [0, 0.1) is 0 Å². The van der Waals surface area contributed by atoms with Crippen molar-refractivity contribution >= 4 is 23.5 Å². The number of nitrogens with one attached hydrogen (secondary N) is 2. The molecule has 0 aliphatic rings. The standard InChI is InChI=1S/C22H29ClN4O2/c1-4-25-22(27(3)14-15-29-20-10-8-19(23)9-11-20)26-13-12-17-6-5-7-18(16-17)21(28)24-2/h5-11,16H,4,12-15H2,1-3H3,(H,24,28)(H,25,26). The van der Waals surface area contributed by atoms with Gasteiger partial charge in [0.05, 0.1) is 6.54 Å². The molecular formula is C22H29ClN4O2. The first-order valence-electron chi connectivity index (χ1n) is 9.72. The van der Waals surface area contributed by atoms with E-state index < -0.39 is 0 Å². The molecule has 0 bridgehead atoms. The van der Waals surface area contributed by atoms with E-state index in [1.165, 1.54) is 0 Å². The van der Waals surface area contributed by atoms with Crippen LogP contribution in [-0.4, -0.2) is 57.1 Å². The summed E-state index contributed by atoms with van der Waals surface area (Å²) in [6.07, 6.45) is 0.759. The fraction of sp³-hybridized carbons (Fsp3) is 0.364. The lowest BCUT2D eigenvalue weighted by Crippen LogP contribution is -2.41. The van der Waals surface area contributed by atoms with Gasteiger partial charge in [0.25, 0.3) is 5.91 Å². The molecule has 0 saturated heterocycles. The molecule has 0 aliphatic carbocycles. The van der Waals surface area contributed by atoms with Crippen molar-refractivity contribution in [2.75, 3.05) is 40.3 Å². The Bertz CT molecular complexity index is 809. The third-order valence-corrected chi connectivity index (χ3v) is 4.54. The van der Waals surface area contributed by atoms with Crippen LogP contribution in [-0.2, 0) is 6.42 Å². The van der Waals surface area contributed by atoms with E-state index in [0.29, 0.717) is 30.3 Å². The zero-order chi connectivity index (χ0) is 21.1. The van der Waals surface area contributed by atoms with E-state index in [4.69, 9.17) is 21.3 Å². The average Bonchev–Trinajstić information content (AvgIpc) is 2.74. The van der Waals surface area contributed by atoms with Crippen molar-refractivity contribution in [3.05, 3.63) is 64.7 Å². The van der Waals surface area contributed by atoms with E-state index in [0.717, 1.165) is 30.2 Å². The van der Waals surface area contributed by atoms with Gasteiger partial charge in [-0.3, -0.25) is 9.79 Å². The van der Waals surface area contributed by atoms with Gasteiger partial charge in [-0.15, -0.1) is 0 Å². The predicted octanol–water partition coefficient (Wildman–Crippen LogP) is 3.22. The van der Waals surface area contributed by atoms with Crippen LogP contribution in [0.1, 0.15) is 22.8 Å². The molecule has 0 aliphatic heterocycles. The van der Waals surface area contributed by atoms with Crippen molar-refractivity contribution in [3.63, 3.8) is 0 Å². The number of nitrogens with zero attached hydrogens (tertiary/aromatic N) is 2. The van der Waals surface area contributed by atoms with Crippen molar-refractivity contribution in [1.82, 2.24) is 15.5 Å². The van der Waals surface area contributed by atoms with Gasteiger partial charge >= 0.3 is 0 Å². The van der Waals surface area contributed by atoms with Gasteiger partial charge in [-0.05, 0) is 55.3 Å². The minimum atomic E-state index is -0.0795. The SMILES string of the molecule is CCNC(=NCCc1cccc(C(=O)NC)c1)N(C)CCOc1ccc(Cl)cc1. The maximum atomic E-state index is 11.8. The summed E-state index contributed by atoms with van der Waals surface area (Å²) in [6.45, 7) is 4.69. The molecule has 2 N–H and O–H groups in total. The number of carbonyl (C=O) groups excluding carboxylic acids is 1. The lowest BCUT2D eigenvalue weighted by Gasteiger charge is -2.22. The van der Waals surface area contributed by atoms with E-state index in [1.54, 1.807) is 7.05 Å². The summed E-state index contributed by atoms with van der Waals surface area (Å²) in [5.74, 6) is 1.54. The Morgan fingerprint density at radius 2 is 1.97 bits per heavy atom. The number of hydrogen-bond donors (Lipinski definition) is 2. The van der Waals surface area contributed by atoms with Gasteiger partial charge in [-0.2, -0.15) is 0 Å². The summed E-state index contributed by atoms with van der Waals surface area (Å²) < 4.78 is 5.76. The molecule has 0 spiro atoms. The summed E-state index contributed by atoms with van der Waals surface area (Å²) >= 11 is 5.89. The maximum Gasteiger partial charge on any atom is 0.251 e. The van der Waals surface area contributed by atoms with Gasteiger partial charge in [-0.1, -0.05) is 23.7 Å². The minimum absolute atomic E-state index is 0.0795.